The minimum absolute atomic E-state index is 0.0762. The highest BCUT2D eigenvalue weighted by atomic mass is 35.5. The van der Waals surface area contributed by atoms with Crippen LogP contribution in [0.3, 0.4) is 0 Å². The first-order chi connectivity index (χ1) is 27.1. The number of rotatable bonds is 17. The maximum absolute atomic E-state index is 13.6. The maximum Gasteiger partial charge on any atom is 0.264 e. The van der Waals surface area contributed by atoms with E-state index >= 15 is 0 Å². The summed E-state index contributed by atoms with van der Waals surface area (Å²) < 4.78 is 29.3. The molecule has 1 heterocycles. The zero-order valence-corrected chi connectivity index (χ0v) is 33.8. The third-order valence-electron chi connectivity index (χ3n) is 9.60. The molecule has 1 aliphatic heterocycles. The lowest BCUT2D eigenvalue weighted by Gasteiger charge is -2.36. The third kappa shape index (κ3) is 11.3. The van der Waals surface area contributed by atoms with Crippen molar-refractivity contribution in [3.63, 3.8) is 0 Å². The fraction of sp³-hybridized carbons (Fsp3) is 0.262. The van der Waals surface area contributed by atoms with Crippen LogP contribution in [0.5, 0.6) is 0 Å². The van der Waals surface area contributed by atoms with Crippen molar-refractivity contribution in [2.45, 2.75) is 28.8 Å². The molecule has 1 fully saturated rings. The van der Waals surface area contributed by atoms with Crippen LogP contribution in [0.1, 0.15) is 22.3 Å². The second kappa shape index (κ2) is 19.5. The summed E-state index contributed by atoms with van der Waals surface area (Å²) in [4.78, 5) is 25.2. The lowest BCUT2D eigenvalue weighted by Crippen LogP contribution is -2.46. The van der Waals surface area contributed by atoms with Crippen molar-refractivity contribution in [3.05, 3.63) is 137 Å². The SMILES string of the molecule is CN(C)CC[C@H](CSc1ccccc1)Nc1cc(S(=O)(=O)NC(=O)c2ccc(N3CCN(Cc4ccccc4-c4ccc(Cl)cc4)CC3)cc2)ccc1NOO. The Labute approximate surface area is 338 Å². The number of hydrogen-bond acceptors (Lipinski definition) is 11. The van der Waals surface area contributed by atoms with Crippen LogP contribution < -0.4 is 20.4 Å². The maximum atomic E-state index is 13.6. The molecule has 0 spiro atoms. The number of anilines is 3. The number of hydrogen-bond donors (Lipinski definition) is 4. The van der Waals surface area contributed by atoms with Gasteiger partial charge in [0.15, 0.2) is 0 Å². The molecule has 0 saturated carbocycles. The Balaban J connectivity index is 1.07. The highest BCUT2D eigenvalue weighted by molar-refractivity contribution is 7.99. The molecule has 6 rings (SSSR count). The van der Waals surface area contributed by atoms with Crippen molar-refractivity contribution in [2.24, 2.45) is 0 Å². The first-order valence-corrected chi connectivity index (χ1v) is 21.2. The molecule has 1 saturated heterocycles. The molecule has 5 aromatic rings. The highest BCUT2D eigenvalue weighted by Gasteiger charge is 2.23. The minimum atomic E-state index is -4.27. The Morgan fingerprint density at radius 1 is 0.875 bits per heavy atom. The number of nitrogens with one attached hydrogen (secondary N) is 3. The lowest BCUT2D eigenvalue weighted by molar-refractivity contribution is -0.215. The largest absolute Gasteiger partial charge is 0.380 e. The quantitative estimate of drug-likeness (QED) is 0.0418. The number of amides is 1. The standard InChI is InChI=1S/C42H47ClN6O5S2/c1-47(2)23-22-35(30-55-37-9-4-3-5-10-37)44-41-28-38(20-21-40(41)45-54-51)56(52,53)46-42(50)32-14-18-36(19-15-32)49-26-24-48(25-27-49)29-33-8-6-7-11-39(33)31-12-16-34(43)17-13-31/h3-21,28,35,44-45,51H,22-27,29-30H2,1-2H3,(H,46,50)/t35-/m1/s1. The van der Waals surface area contributed by atoms with Gasteiger partial charge in [-0.3, -0.25) is 9.69 Å². The topological polar surface area (TPSA) is 126 Å². The molecule has 1 atom stereocenters. The number of thioether (sulfide) groups is 1. The Bertz CT molecular complexity index is 2150. The number of sulfonamides is 1. The molecule has 0 radical (unpaired) electrons. The van der Waals surface area contributed by atoms with Gasteiger partial charge in [0.25, 0.3) is 15.9 Å². The molecule has 5 aromatic carbocycles. The first-order valence-electron chi connectivity index (χ1n) is 18.4. The molecule has 56 heavy (non-hydrogen) atoms. The van der Waals surface area contributed by atoms with Gasteiger partial charge >= 0.3 is 0 Å². The molecular weight excluding hydrogens is 768 g/mol. The van der Waals surface area contributed by atoms with Crippen LogP contribution in [-0.4, -0.2) is 88.0 Å². The molecule has 4 N–H and O–H groups in total. The molecule has 0 bridgehead atoms. The third-order valence-corrected chi connectivity index (χ3v) is 12.4. The summed E-state index contributed by atoms with van der Waals surface area (Å²) in [7, 11) is -0.289. The van der Waals surface area contributed by atoms with Crippen molar-refractivity contribution in [1.29, 1.82) is 0 Å². The van der Waals surface area contributed by atoms with Gasteiger partial charge in [-0.15, -0.1) is 16.8 Å². The second-order valence-electron chi connectivity index (χ2n) is 13.9. The van der Waals surface area contributed by atoms with Gasteiger partial charge in [-0.25, -0.2) is 23.9 Å². The fourth-order valence-corrected chi connectivity index (χ4v) is 8.65. The molecule has 294 valence electrons. The first kappa shape index (κ1) is 41.0. The van der Waals surface area contributed by atoms with Crippen molar-refractivity contribution in [3.8, 4) is 11.1 Å². The monoisotopic (exact) mass is 814 g/mol. The van der Waals surface area contributed by atoms with Gasteiger partial charge < -0.3 is 15.1 Å². The van der Waals surface area contributed by atoms with E-state index in [1.54, 1.807) is 23.9 Å². The Hall–Kier alpha value is -4.60. The van der Waals surface area contributed by atoms with Gasteiger partial charge in [-0.1, -0.05) is 66.2 Å². The van der Waals surface area contributed by atoms with E-state index in [2.05, 4.69) is 59.5 Å². The van der Waals surface area contributed by atoms with Gasteiger partial charge in [-0.2, -0.15) is 0 Å². The van der Waals surface area contributed by atoms with Crippen LogP contribution in [-0.2, 0) is 21.6 Å². The number of carbonyl (C=O) groups is 1. The van der Waals surface area contributed by atoms with Crippen LogP contribution in [0.4, 0.5) is 17.1 Å². The van der Waals surface area contributed by atoms with E-state index in [4.69, 9.17) is 16.9 Å². The van der Waals surface area contributed by atoms with Crippen LogP contribution in [0.2, 0.25) is 5.02 Å². The van der Waals surface area contributed by atoms with E-state index in [9.17, 15) is 13.2 Å². The van der Waals surface area contributed by atoms with E-state index < -0.39 is 15.9 Å². The van der Waals surface area contributed by atoms with Crippen molar-refractivity contribution >= 4 is 56.4 Å². The summed E-state index contributed by atoms with van der Waals surface area (Å²) in [5.74, 6) is -0.0460. The Morgan fingerprint density at radius 2 is 1.57 bits per heavy atom. The normalized spacial score (nSPS) is 14.1. The minimum Gasteiger partial charge on any atom is -0.380 e. The summed E-state index contributed by atoms with van der Waals surface area (Å²) in [6, 6.07) is 37.5. The predicted molar refractivity (Wildman–Crippen MR) is 227 cm³/mol. The number of halogens is 1. The number of benzene rings is 5. The molecule has 0 aliphatic carbocycles. The molecular formula is C42H47ClN6O5S2. The van der Waals surface area contributed by atoms with Gasteiger partial charge in [0.05, 0.1) is 16.3 Å². The fourth-order valence-electron chi connectivity index (χ4n) is 6.53. The summed E-state index contributed by atoms with van der Waals surface area (Å²) in [5.41, 5.74) is 7.91. The van der Waals surface area contributed by atoms with Gasteiger partial charge in [0, 0.05) is 65.7 Å². The molecule has 0 unspecified atom stereocenters. The Morgan fingerprint density at radius 3 is 2.27 bits per heavy atom. The molecule has 0 aromatic heterocycles. The molecule has 14 heteroatoms. The lowest BCUT2D eigenvalue weighted by atomic mass is 9.99. The van der Waals surface area contributed by atoms with E-state index in [-0.39, 0.29) is 16.5 Å². The summed E-state index contributed by atoms with van der Waals surface area (Å²) in [6.45, 7) is 4.98. The van der Waals surface area contributed by atoms with Gasteiger partial charge in [0.2, 0.25) is 0 Å². The average Bonchev–Trinajstić information content (AvgIpc) is 3.20. The van der Waals surface area contributed by atoms with E-state index in [1.165, 1.54) is 29.3 Å². The zero-order valence-electron chi connectivity index (χ0n) is 31.4. The average molecular weight is 815 g/mol. The number of nitrogens with zero attached hydrogens (tertiary/aromatic N) is 3. The summed E-state index contributed by atoms with van der Waals surface area (Å²) >= 11 is 7.80. The van der Waals surface area contributed by atoms with Crippen LogP contribution in [0.15, 0.2) is 131 Å². The summed E-state index contributed by atoms with van der Waals surface area (Å²) in [5, 5.41) is 13.3. The van der Waals surface area contributed by atoms with E-state index in [0.717, 1.165) is 61.8 Å². The zero-order chi connectivity index (χ0) is 39.5. The van der Waals surface area contributed by atoms with Gasteiger partial charge in [0.1, 0.15) is 0 Å². The van der Waals surface area contributed by atoms with Crippen LogP contribution >= 0.6 is 23.4 Å². The van der Waals surface area contributed by atoms with E-state index in [1.807, 2.05) is 80.8 Å². The molecule has 1 aliphatic rings. The van der Waals surface area contributed by atoms with E-state index in [0.29, 0.717) is 22.2 Å². The van der Waals surface area contributed by atoms with Crippen molar-refractivity contribution < 1.29 is 23.5 Å². The number of carbonyl (C=O) groups excluding carboxylic acids is 1. The van der Waals surface area contributed by atoms with Crippen LogP contribution in [0, 0.1) is 0 Å². The van der Waals surface area contributed by atoms with Crippen molar-refractivity contribution in [2.75, 3.05) is 68.3 Å². The van der Waals surface area contributed by atoms with Crippen molar-refractivity contribution in [1.82, 2.24) is 14.5 Å². The number of piperazine rings is 1. The van der Waals surface area contributed by atoms with Crippen LogP contribution in [0.25, 0.3) is 11.1 Å². The smallest absolute Gasteiger partial charge is 0.264 e. The summed E-state index contributed by atoms with van der Waals surface area (Å²) in [6.07, 6.45) is 0.755. The Kier molecular flexibility index (Phi) is 14.3. The molecule has 11 nitrogen and oxygen atoms in total. The highest BCUT2D eigenvalue weighted by Crippen LogP contribution is 2.30. The van der Waals surface area contributed by atoms with Gasteiger partial charge in [-0.05, 0) is 110 Å². The predicted octanol–water partition coefficient (Wildman–Crippen LogP) is 7.79. The molecule has 1 amide bonds. The second-order valence-corrected chi connectivity index (χ2v) is 17.1.